The lowest BCUT2D eigenvalue weighted by atomic mass is 10.2. The van der Waals surface area contributed by atoms with Gasteiger partial charge in [0.2, 0.25) is 15.9 Å². The molecule has 2 aromatic rings. The van der Waals surface area contributed by atoms with Crippen molar-refractivity contribution in [3.63, 3.8) is 0 Å². The van der Waals surface area contributed by atoms with Crippen molar-refractivity contribution in [2.45, 2.75) is 57.0 Å². The van der Waals surface area contributed by atoms with Crippen LogP contribution in [0.25, 0.3) is 0 Å². The number of nitrogens with one attached hydrogen (secondary N) is 2. The number of rotatable bonds is 10. The zero-order valence-electron chi connectivity index (χ0n) is 19.0. The monoisotopic (exact) mass is 477 g/mol. The average molecular weight is 478 g/mol. The zero-order valence-corrected chi connectivity index (χ0v) is 19.8. The Balaban J connectivity index is 1.64. The molecule has 0 atom stereocenters. The molecule has 0 radical (unpaired) electrons. The number of furan rings is 1. The van der Waals surface area contributed by atoms with Crippen LogP contribution < -0.4 is 15.4 Å². The van der Waals surface area contributed by atoms with Crippen LogP contribution in [0.1, 0.15) is 56.5 Å². The number of piperidine rings is 1. The average Bonchev–Trinajstić information content (AvgIpc) is 3.33. The van der Waals surface area contributed by atoms with Crippen molar-refractivity contribution in [2.75, 3.05) is 25.0 Å². The van der Waals surface area contributed by atoms with Crippen LogP contribution in [0.4, 0.5) is 5.69 Å². The number of sulfonamides is 1. The summed E-state index contributed by atoms with van der Waals surface area (Å²) in [4.78, 5) is 24.5. The second-order valence-electron chi connectivity index (χ2n) is 8.17. The summed E-state index contributed by atoms with van der Waals surface area (Å²) in [5.74, 6) is -0.0317. The van der Waals surface area contributed by atoms with Crippen molar-refractivity contribution in [3.8, 4) is 5.75 Å². The van der Waals surface area contributed by atoms with Crippen LogP contribution in [-0.4, -0.2) is 50.3 Å². The van der Waals surface area contributed by atoms with E-state index in [2.05, 4.69) is 10.6 Å². The van der Waals surface area contributed by atoms with E-state index in [1.165, 1.54) is 22.7 Å². The Hall–Kier alpha value is -2.85. The molecule has 2 amide bonds. The van der Waals surface area contributed by atoms with Gasteiger partial charge in [0, 0.05) is 26.1 Å². The van der Waals surface area contributed by atoms with E-state index in [9.17, 15) is 18.0 Å². The summed E-state index contributed by atoms with van der Waals surface area (Å²) in [7, 11) is -3.65. The number of benzene rings is 1. The van der Waals surface area contributed by atoms with Gasteiger partial charge in [0.25, 0.3) is 5.91 Å². The molecule has 0 spiro atoms. The number of carbonyl (C=O) groups excluding carboxylic acids is 2. The molecule has 2 heterocycles. The van der Waals surface area contributed by atoms with Crippen LogP contribution in [0.3, 0.4) is 0 Å². The molecule has 1 fully saturated rings. The Morgan fingerprint density at radius 1 is 1.15 bits per heavy atom. The third-order valence-electron chi connectivity index (χ3n) is 5.15. The maximum absolute atomic E-state index is 13.1. The van der Waals surface area contributed by atoms with E-state index in [4.69, 9.17) is 9.15 Å². The second kappa shape index (κ2) is 11.3. The van der Waals surface area contributed by atoms with Gasteiger partial charge in [-0.3, -0.25) is 9.59 Å². The molecule has 1 aliphatic heterocycles. The van der Waals surface area contributed by atoms with Crippen LogP contribution in [0.2, 0.25) is 0 Å². The third-order valence-corrected chi connectivity index (χ3v) is 7.05. The first-order chi connectivity index (χ1) is 15.8. The van der Waals surface area contributed by atoms with Gasteiger partial charge in [-0.1, -0.05) is 6.42 Å². The molecule has 1 aromatic carbocycles. The number of hydrogen-bond donors (Lipinski definition) is 2. The first kappa shape index (κ1) is 24.8. The van der Waals surface area contributed by atoms with Gasteiger partial charge in [0.15, 0.2) is 5.76 Å². The molecule has 1 aromatic heterocycles. The Morgan fingerprint density at radius 3 is 2.58 bits per heavy atom. The first-order valence-electron chi connectivity index (χ1n) is 11.2. The molecule has 1 aliphatic rings. The fourth-order valence-electron chi connectivity index (χ4n) is 3.54. The highest BCUT2D eigenvalue weighted by atomic mass is 32.2. The lowest BCUT2D eigenvalue weighted by molar-refractivity contribution is -0.116. The lowest BCUT2D eigenvalue weighted by Gasteiger charge is -2.26. The number of ether oxygens (including phenoxy) is 1. The van der Waals surface area contributed by atoms with Gasteiger partial charge in [-0.25, -0.2) is 8.42 Å². The highest BCUT2D eigenvalue weighted by Crippen LogP contribution is 2.31. The molecule has 0 saturated carbocycles. The molecular weight excluding hydrogens is 446 g/mol. The summed E-state index contributed by atoms with van der Waals surface area (Å²) >= 11 is 0. The van der Waals surface area contributed by atoms with E-state index in [0.717, 1.165) is 19.3 Å². The van der Waals surface area contributed by atoms with Crippen molar-refractivity contribution in [3.05, 3.63) is 42.4 Å². The molecule has 2 N–H and O–H groups in total. The summed E-state index contributed by atoms with van der Waals surface area (Å²) in [6.07, 6.45) is 4.52. The molecule has 3 rings (SSSR count). The Morgan fingerprint density at radius 2 is 1.91 bits per heavy atom. The number of hydrogen-bond acceptors (Lipinski definition) is 6. The van der Waals surface area contributed by atoms with Crippen LogP contribution in [0, 0.1) is 0 Å². The molecule has 10 heteroatoms. The number of carbonyl (C=O) groups is 2. The minimum atomic E-state index is -3.65. The van der Waals surface area contributed by atoms with Crippen LogP contribution in [0.5, 0.6) is 5.75 Å². The van der Waals surface area contributed by atoms with Crippen molar-refractivity contribution in [2.24, 2.45) is 0 Å². The fourth-order valence-corrected chi connectivity index (χ4v) is 5.08. The topological polar surface area (TPSA) is 118 Å². The summed E-state index contributed by atoms with van der Waals surface area (Å²) in [5, 5.41) is 5.45. The summed E-state index contributed by atoms with van der Waals surface area (Å²) in [6, 6.07) is 7.73. The smallest absolute Gasteiger partial charge is 0.286 e. The molecule has 0 bridgehead atoms. The van der Waals surface area contributed by atoms with E-state index in [1.54, 1.807) is 18.2 Å². The standard InChI is InChI=1S/C23H31N3O6S/c1-17(2)32-20-11-10-18(33(29,30)26-13-4-3-5-14-26)16-19(20)25-22(27)9-6-12-24-23(28)21-8-7-15-31-21/h7-8,10-11,15-17H,3-6,9,12-14H2,1-2H3,(H,24,28)(H,25,27). The van der Waals surface area contributed by atoms with Gasteiger partial charge in [-0.15, -0.1) is 0 Å². The van der Waals surface area contributed by atoms with Gasteiger partial charge >= 0.3 is 0 Å². The van der Waals surface area contributed by atoms with Crippen molar-refractivity contribution in [1.82, 2.24) is 9.62 Å². The molecule has 180 valence electrons. The summed E-state index contributed by atoms with van der Waals surface area (Å²) in [6.45, 7) is 5.00. The van der Waals surface area contributed by atoms with Crippen LogP contribution >= 0.6 is 0 Å². The summed E-state index contributed by atoms with van der Waals surface area (Å²) < 4.78 is 38.4. The SMILES string of the molecule is CC(C)Oc1ccc(S(=O)(=O)N2CCCCC2)cc1NC(=O)CCCNC(=O)c1ccco1. The van der Waals surface area contributed by atoms with Gasteiger partial charge < -0.3 is 19.8 Å². The van der Waals surface area contributed by atoms with E-state index in [0.29, 0.717) is 37.5 Å². The highest BCUT2D eigenvalue weighted by molar-refractivity contribution is 7.89. The van der Waals surface area contributed by atoms with Gasteiger partial charge in [0.1, 0.15) is 5.75 Å². The Bertz CT molecular complexity index is 1040. The molecular formula is C23H31N3O6S. The number of nitrogens with zero attached hydrogens (tertiary/aromatic N) is 1. The molecule has 0 aliphatic carbocycles. The maximum Gasteiger partial charge on any atom is 0.286 e. The number of amides is 2. The Kier molecular flexibility index (Phi) is 8.51. The number of anilines is 1. The van der Waals surface area contributed by atoms with Crippen molar-refractivity contribution >= 4 is 27.5 Å². The Labute approximate surface area is 194 Å². The molecule has 9 nitrogen and oxygen atoms in total. The normalized spacial score (nSPS) is 14.8. The molecule has 33 heavy (non-hydrogen) atoms. The van der Waals surface area contributed by atoms with Gasteiger partial charge in [-0.05, 0) is 63.4 Å². The predicted octanol–water partition coefficient (Wildman–Crippen LogP) is 3.39. The summed E-state index contributed by atoms with van der Waals surface area (Å²) in [5.41, 5.74) is 0.311. The van der Waals surface area contributed by atoms with E-state index in [-0.39, 0.29) is 35.0 Å². The zero-order chi connectivity index (χ0) is 23.8. The van der Waals surface area contributed by atoms with Crippen LogP contribution in [-0.2, 0) is 14.8 Å². The quantitative estimate of drug-likeness (QED) is 0.507. The highest BCUT2D eigenvalue weighted by Gasteiger charge is 2.27. The third kappa shape index (κ3) is 6.82. The van der Waals surface area contributed by atoms with Gasteiger partial charge in [0.05, 0.1) is 22.9 Å². The van der Waals surface area contributed by atoms with E-state index in [1.807, 2.05) is 13.8 Å². The maximum atomic E-state index is 13.1. The largest absolute Gasteiger partial charge is 0.489 e. The molecule has 0 unspecified atom stereocenters. The minimum absolute atomic E-state index is 0.126. The van der Waals surface area contributed by atoms with Crippen LogP contribution in [0.15, 0.2) is 45.9 Å². The van der Waals surface area contributed by atoms with E-state index < -0.39 is 10.0 Å². The lowest BCUT2D eigenvalue weighted by Crippen LogP contribution is -2.35. The van der Waals surface area contributed by atoms with Crippen molar-refractivity contribution < 1.29 is 27.2 Å². The predicted molar refractivity (Wildman–Crippen MR) is 124 cm³/mol. The second-order valence-corrected chi connectivity index (χ2v) is 10.1. The molecule has 1 saturated heterocycles. The first-order valence-corrected chi connectivity index (χ1v) is 12.6. The van der Waals surface area contributed by atoms with E-state index >= 15 is 0 Å². The van der Waals surface area contributed by atoms with Gasteiger partial charge in [-0.2, -0.15) is 4.31 Å². The van der Waals surface area contributed by atoms with Crippen molar-refractivity contribution in [1.29, 1.82) is 0 Å². The fraction of sp³-hybridized carbons (Fsp3) is 0.478. The minimum Gasteiger partial charge on any atom is -0.489 e.